The molecule has 7 heteroatoms. The summed E-state index contributed by atoms with van der Waals surface area (Å²) in [6.45, 7) is 6.19. The molecular weight excluding hydrogens is 383 g/mol. The van der Waals surface area contributed by atoms with Gasteiger partial charge in [0.1, 0.15) is 5.65 Å². The zero-order valence-corrected chi connectivity index (χ0v) is 18.0. The monoisotopic (exact) mass is 412 g/mol. The number of H-pyrrole nitrogens is 1. The average molecular weight is 413 g/mol. The van der Waals surface area contributed by atoms with E-state index in [9.17, 15) is 14.4 Å². The molecule has 3 atom stereocenters. The first kappa shape index (κ1) is 20.6. The molecule has 2 saturated heterocycles. The second kappa shape index (κ2) is 7.57. The molecule has 3 unspecified atom stereocenters. The lowest BCUT2D eigenvalue weighted by Gasteiger charge is -2.52. The Bertz CT molecular complexity index is 995. The quantitative estimate of drug-likeness (QED) is 0.800. The number of amides is 1. The summed E-state index contributed by atoms with van der Waals surface area (Å²) in [4.78, 5) is 22.6. The van der Waals surface area contributed by atoms with Gasteiger partial charge >= 0.3 is 0 Å². The number of pyridine rings is 1. The van der Waals surface area contributed by atoms with Gasteiger partial charge in [0.2, 0.25) is 5.91 Å². The topological polar surface area (TPSA) is 82.0 Å². The fraction of sp³-hybridized carbons (Fsp3) is 0.609. The van der Waals surface area contributed by atoms with Gasteiger partial charge in [0.15, 0.2) is 11.6 Å². The van der Waals surface area contributed by atoms with Crippen LogP contribution in [0.25, 0.3) is 11.0 Å². The molecule has 1 amide bonds. The Labute approximate surface area is 176 Å². The molecule has 4 heterocycles. The number of carbonyl (C=O) groups is 1. The predicted octanol–water partition coefficient (Wildman–Crippen LogP) is 4.52. The molecule has 0 aromatic carbocycles. The number of piperidine rings is 2. The number of carbonyl (C=O) groups excluding carboxylic acids is 1. The minimum Gasteiger partial charge on any atom is -0.492 e. The number of halogens is 1. The molecule has 2 aromatic rings. The third-order valence-electron chi connectivity index (χ3n) is 6.93. The number of nitrogens with one attached hydrogen (secondary N) is 1. The van der Waals surface area contributed by atoms with Gasteiger partial charge in [0.05, 0.1) is 30.2 Å². The molecule has 0 radical (unpaired) electrons. The summed E-state index contributed by atoms with van der Waals surface area (Å²) in [6, 6.07) is 2.70. The van der Waals surface area contributed by atoms with Crippen molar-refractivity contribution in [2.75, 3.05) is 7.11 Å². The second-order valence-electron chi connectivity index (χ2n) is 9.48. The fourth-order valence-corrected chi connectivity index (χ4v) is 5.61. The highest BCUT2D eigenvalue weighted by molar-refractivity contribution is 5.84. The van der Waals surface area contributed by atoms with E-state index in [4.69, 9.17) is 4.74 Å². The number of hydrogen-bond acceptors (Lipinski definition) is 4. The van der Waals surface area contributed by atoms with Crippen LogP contribution < -0.4 is 4.74 Å². The zero-order chi connectivity index (χ0) is 21.6. The normalized spacial score (nSPS) is 29.5. The molecule has 0 aliphatic carbocycles. The fourth-order valence-electron chi connectivity index (χ4n) is 5.61. The van der Waals surface area contributed by atoms with Gasteiger partial charge in [0.25, 0.3) is 0 Å². The summed E-state index contributed by atoms with van der Waals surface area (Å²) in [6.07, 6.45) is 6.74. The summed E-state index contributed by atoms with van der Waals surface area (Å²) in [5.41, 5.74) is 0.829. The molecular formula is C23H29FN4O2. The minimum absolute atomic E-state index is 0.0926. The summed E-state index contributed by atoms with van der Waals surface area (Å²) in [7, 11) is 1.41. The lowest BCUT2D eigenvalue weighted by molar-refractivity contribution is -0.145. The van der Waals surface area contributed by atoms with Crippen LogP contribution in [0.1, 0.15) is 64.4 Å². The molecule has 2 aliphatic rings. The van der Waals surface area contributed by atoms with E-state index in [1.54, 1.807) is 6.20 Å². The van der Waals surface area contributed by atoms with Crippen LogP contribution in [0.4, 0.5) is 4.39 Å². The third kappa shape index (κ3) is 3.42. The molecule has 0 spiro atoms. The van der Waals surface area contributed by atoms with Crippen molar-refractivity contribution in [2.24, 2.45) is 11.3 Å². The van der Waals surface area contributed by atoms with E-state index >= 15 is 0 Å². The number of nitriles is 1. The van der Waals surface area contributed by atoms with Gasteiger partial charge in [-0.25, -0.2) is 9.37 Å². The van der Waals surface area contributed by atoms with Crippen molar-refractivity contribution in [3.05, 3.63) is 23.8 Å². The average Bonchev–Trinajstić information content (AvgIpc) is 3.12. The van der Waals surface area contributed by atoms with Gasteiger partial charge in [-0.15, -0.1) is 0 Å². The Morgan fingerprint density at radius 1 is 1.47 bits per heavy atom. The highest BCUT2D eigenvalue weighted by Crippen LogP contribution is 2.46. The van der Waals surface area contributed by atoms with E-state index in [1.165, 1.54) is 13.3 Å². The van der Waals surface area contributed by atoms with Gasteiger partial charge in [-0.05, 0) is 50.0 Å². The number of methoxy groups -OCH3 is 1. The van der Waals surface area contributed by atoms with E-state index in [0.717, 1.165) is 31.2 Å². The Morgan fingerprint density at radius 2 is 2.13 bits per heavy atom. The summed E-state index contributed by atoms with van der Waals surface area (Å²) < 4.78 is 19.9. The molecule has 160 valence electrons. The Kier molecular flexibility index (Phi) is 5.21. The number of nitrogens with zero attached hydrogens (tertiary/aromatic N) is 3. The van der Waals surface area contributed by atoms with Crippen LogP contribution >= 0.6 is 0 Å². The van der Waals surface area contributed by atoms with E-state index in [-0.39, 0.29) is 35.1 Å². The van der Waals surface area contributed by atoms with Gasteiger partial charge in [-0.2, -0.15) is 5.26 Å². The number of fused-ring (bicyclic) bond motifs is 3. The Hall–Kier alpha value is -2.62. The van der Waals surface area contributed by atoms with Crippen molar-refractivity contribution in [1.29, 1.82) is 5.26 Å². The van der Waals surface area contributed by atoms with Gasteiger partial charge in [-0.1, -0.05) is 13.8 Å². The van der Waals surface area contributed by atoms with Crippen LogP contribution in [0.5, 0.6) is 5.75 Å². The maximum absolute atomic E-state index is 14.9. The largest absolute Gasteiger partial charge is 0.492 e. The molecule has 2 aliphatic heterocycles. The first-order chi connectivity index (χ1) is 14.3. The summed E-state index contributed by atoms with van der Waals surface area (Å²) in [5.74, 6) is 0.127. The zero-order valence-electron chi connectivity index (χ0n) is 18.0. The SMILES string of the molecule is COc1cnc2[nH]cc(C(C)CC(=O)N3C4CC(C)CC3CC(C)(C#N)C4)c2c1F. The first-order valence-electron chi connectivity index (χ1n) is 10.7. The standard InChI is InChI=1S/C23H29FN4O2/c1-13-5-15-8-23(3,12-25)9-16(6-13)28(15)19(29)7-14(2)17-10-26-22-20(17)21(24)18(30-4)11-27-22/h10-11,13-16H,5-9H2,1-4H3,(H,26,27). The number of aromatic nitrogens is 2. The van der Waals surface area contributed by atoms with Crippen LogP contribution in [0.15, 0.2) is 12.4 Å². The smallest absolute Gasteiger partial charge is 0.223 e. The molecule has 0 saturated carbocycles. The van der Waals surface area contributed by atoms with Crippen LogP contribution in [-0.4, -0.2) is 40.0 Å². The van der Waals surface area contributed by atoms with Gasteiger partial charge in [0, 0.05) is 24.7 Å². The lowest BCUT2D eigenvalue weighted by atomic mass is 9.67. The van der Waals surface area contributed by atoms with E-state index in [2.05, 4.69) is 23.0 Å². The van der Waals surface area contributed by atoms with Gasteiger partial charge in [-0.3, -0.25) is 4.79 Å². The molecule has 6 nitrogen and oxygen atoms in total. The molecule has 2 fully saturated rings. The van der Waals surface area contributed by atoms with Crippen molar-refractivity contribution in [3.8, 4) is 11.8 Å². The maximum atomic E-state index is 14.9. The molecule has 2 bridgehead atoms. The Morgan fingerprint density at radius 3 is 2.73 bits per heavy atom. The van der Waals surface area contributed by atoms with E-state index in [1.807, 2.05) is 18.7 Å². The van der Waals surface area contributed by atoms with Crippen molar-refractivity contribution in [3.63, 3.8) is 0 Å². The molecule has 1 N–H and O–H groups in total. The van der Waals surface area contributed by atoms with Crippen LogP contribution in [0, 0.1) is 28.5 Å². The van der Waals surface area contributed by atoms with Crippen molar-refractivity contribution in [2.45, 2.75) is 70.9 Å². The molecule has 2 aromatic heterocycles. The highest BCUT2D eigenvalue weighted by atomic mass is 19.1. The number of aromatic amines is 1. The van der Waals surface area contributed by atoms with Crippen molar-refractivity contribution < 1.29 is 13.9 Å². The van der Waals surface area contributed by atoms with Crippen LogP contribution in [0.3, 0.4) is 0 Å². The molecule has 4 rings (SSSR count). The van der Waals surface area contributed by atoms with Crippen LogP contribution in [0.2, 0.25) is 0 Å². The number of rotatable bonds is 4. The summed E-state index contributed by atoms with van der Waals surface area (Å²) in [5, 5.41) is 10.0. The number of hydrogen-bond donors (Lipinski definition) is 1. The predicted molar refractivity (Wildman–Crippen MR) is 111 cm³/mol. The minimum atomic E-state index is -0.452. The second-order valence-corrected chi connectivity index (χ2v) is 9.48. The van der Waals surface area contributed by atoms with Crippen molar-refractivity contribution in [1.82, 2.24) is 14.9 Å². The van der Waals surface area contributed by atoms with Crippen molar-refractivity contribution >= 4 is 16.9 Å². The van der Waals surface area contributed by atoms with Crippen LogP contribution in [-0.2, 0) is 4.79 Å². The van der Waals surface area contributed by atoms with Gasteiger partial charge < -0.3 is 14.6 Å². The van der Waals surface area contributed by atoms with E-state index in [0.29, 0.717) is 23.4 Å². The molecule has 30 heavy (non-hydrogen) atoms. The summed E-state index contributed by atoms with van der Waals surface area (Å²) >= 11 is 0. The third-order valence-corrected chi connectivity index (χ3v) is 6.93. The number of ether oxygens (including phenoxy) is 1. The van der Waals surface area contributed by atoms with E-state index < -0.39 is 5.82 Å². The first-order valence-corrected chi connectivity index (χ1v) is 10.7. The lowest BCUT2D eigenvalue weighted by Crippen LogP contribution is -2.58. The maximum Gasteiger partial charge on any atom is 0.223 e. The highest BCUT2D eigenvalue weighted by Gasteiger charge is 2.47. The Balaban J connectivity index is 1.57.